The van der Waals surface area contributed by atoms with Crippen molar-refractivity contribution in [2.45, 2.75) is 143 Å². The minimum atomic E-state index is -5.02. The summed E-state index contributed by atoms with van der Waals surface area (Å²) in [6.45, 7) is 4.13. The third-order valence-electron chi connectivity index (χ3n) is 16.5. The van der Waals surface area contributed by atoms with Crippen LogP contribution >= 0.6 is 0 Å². The maximum absolute atomic E-state index is 13.2. The molecule has 27 heteroatoms. The molecular formula is C49H63F6N15O6. The summed E-state index contributed by atoms with van der Waals surface area (Å²) in [4.78, 5) is 89.2. The van der Waals surface area contributed by atoms with E-state index in [9.17, 15) is 55.1 Å². The number of amides is 6. The average Bonchev–Trinajstić information content (AvgIpc) is 4.25. The average molecular weight is 1070 g/mol. The number of piperazine rings is 3. The molecule has 0 radical (unpaired) electrons. The molecular weight excluding hydrogens is 1010 g/mol. The van der Waals surface area contributed by atoms with Crippen LogP contribution in [0, 0.1) is 34.0 Å². The topological polar surface area (TPSA) is 281 Å². The van der Waals surface area contributed by atoms with Crippen molar-refractivity contribution in [2.24, 2.45) is 17.2 Å². The first kappa shape index (κ1) is 56.1. The molecule has 412 valence electrons. The molecule has 0 spiro atoms. The van der Waals surface area contributed by atoms with Gasteiger partial charge in [-0.15, -0.1) is 0 Å². The number of hydrogen-bond acceptors (Lipinski definition) is 15. The molecule has 21 nitrogen and oxygen atoms in total. The van der Waals surface area contributed by atoms with Gasteiger partial charge in [-0.05, 0) is 76.0 Å². The molecule has 9 aliphatic heterocycles. The molecule has 1 aromatic carbocycles. The van der Waals surface area contributed by atoms with E-state index in [0.29, 0.717) is 57.7 Å². The number of benzene rings is 1. The maximum Gasteiger partial charge on any atom is 0.416 e. The molecule has 9 aliphatic rings. The van der Waals surface area contributed by atoms with Gasteiger partial charge in [0.2, 0.25) is 35.4 Å². The molecule has 0 aromatic heterocycles. The number of hydrogen-bond donors (Lipinski definition) is 3. The van der Waals surface area contributed by atoms with Crippen LogP contribution in [0.5, 0.6) is 0 Å². The third-order valence-corrected chi connectivity index (χ3v) is 16.5. The van der Waals surface area contributed by atoms with Gasteiger partial charge in [0.15, 0.2) is 0 Å². The van der Waals surface area contributed by atoms with Crippen LogP contribution in [-0.2, 0) is 41.1 Å². The predicted molar refractivity (Wildman–Crippen MR) is 256 cm³/mol. The van der Waals surface area contributed by atoms with Crippen molar-refractivity contribution in [1.29, 1.82) is 15.8 Å². The summed E-state index contributed by atoms with van der Waals surface area (Å²) in [5, 5.41) is 27.3. The van der Waals surface area contributed by atoms with E-state index in [2.05, 4.69) is 12.1 Å². The molecule has 9 fully saturated rings. The van der Waals surface area contributed by atoms with Gasteiger partial charge >= 0.3 is 12.4 Å². The Morgan fingerprint density at radius 1 is 0.553 bits per heavy atom. The first-order valence-electron chi connectivity index (χ1n) is 25.6. The number of likely N-dealkylation sites (N-methyl/N-ethyl adjacent to an activating group) is 2. The van der Waals surface area contributed by atoms with Crippen molar-refractivity contribution >= 4 is 41.1 Å². The number of carbonyl (C=O) groups is 6. The summed E-state index contributed by atoms with van der Waals surface area (Å²) in [7, 11) is 3.66. The Morgan fingerprint density at radius 3 is 1.16 bits per heavy atom. The molecule has 1 aromatic rings. The second kappa shape index (κ2) is 22.1. The minimum Gasteiger partial charge on any atom is -0.340 e. The standard InChI is InChI=1S/C21H21F6N5O2.2C14H21N5O2/c22-20(23,24)11-4-12(21(25,26)27)6-14(5-11)32-15-7-17(19(32)34)30(9-15)10-16(29)18(33)31-3-1-2-13(31)8-28;2*1-17-10-5-12(14(17)21)18(7-10)8-11(16)13(20)19-4-2-3-9(19)6-15/h4-6,13,15-17H,1-3,7,9-10,29H2;2*9-12H,2-5,7-8,16H2,1H3/t13-,15?,16-,17-;2*9-,10?,11-,12-/m000/s1. The lowest BCUT2D eigenvalue weighted by Crippen LogP contribution is -2.56. The zero-order chi connectivity index (χ0) is 55.3. The highest BCUT2D eigenvalue weighted by molar-refractivity contribution is 6.01. The van der Waals surface area contributed by atoms with Crippen LogP contribution in [0.3, 0.4) is 0 Å². The zero-order valence-electron chi connectivity index (χ0n) is 42.2. The number of nitrogens with two attached hydrogens (primary N) is 3. The molecule has 6 amide bonds. The van der Waals surface area contributed by atoms with Crippen molar-refractivity contribution < 1.29 is 55.1 Å². The monoisotopic (exact) mass is 1070 g/mol. The molecule has 3 unspecified atom stereocenters. The summed E-state index contributed by atoms with van der Waals surface area (Å²) in [5.41, 5.74) is 14.7. The van der Waals surface area contributed by atoms with E-state index in [-0.39, 0.29) is 85.5 Å². The Hall–Kier alpha value is -6.15. The second-order valence-corrected chi connectivity index (χ2v) is 21.2. The van der Waals surface area contributed by atoms with E-state index in [4.69, 9.17) is 33.0 Å². The van der Waals surface area contributed by atoms with Gasteiger partial charge in [-0.2, -0.15) is 42.1 Å². The Labute approximate surface area is 435 Å². The summed E-state index contributed by atoms with van der Waals surface area (Å²) in [6, 6.07) is 2.71. The van der Waals surface area contributed by atoms with E-state index in [0.717, 1.165) is 56.5 Å². The quantitative estimate of drug-likeness (QED) is 0.257. The molecule has 0 saturated carbocycles. The van der Waals surface area contributed by atoms with Gasteiger partial charge in [-0.3, -0.25) is 43.5 Å². The summed E-state index contributed by atoms with van der Waals surface area (Å²) >= 11 is 0. The fourth-order valence-corrected chi connectivity index (χ4v) is 12.5. The first-order chi connectivity index (χ1) is 35.9. The fraction of sp³-hybridized carbons (Fsp3) is 0.694. The summed E-state index contributed by atoms with van der Waals surface area (Å²) in [6.07, 6.45) is -3.78. The van der Waals surface area contributed by atoms with Gasteiger partial charge in [-0.25, -0.2) is 0 Å². The molecule has 6 N–H and O–H groups in total. The van der Waals surface area contributed by atoms with Crippen molar-refractivity contribution in [1.82, 2.24) is 39.2 Å². The zero-order valence-corrected chi connectivity index (χ0v) is 42.2. The number of nitrogens with zero attached hydrogens (tertiary/aromatic N) is 12. The van der Waals surface area contributed by atoms with E-state index in [1.54, 1.807) is 24.5 Å². The first-order valence-corrected chi connectivity index (χ1v) is 25.6. The number of anilines is 1. The molecule has 12 atom stereocenters. The Balaban J connectivity index is 0.000000158. The van der Waals surface area contributed by atoms with Crippen LogP contribution in [0.2, 0.25) is 0 Å². The van der Waals surface area contributed by atoms with Crippen molar-refractivity contribution in [2.75, 3.05) is 77.9 Å². The number of alkyl halides is 6. The molecule has 76 heavy (non-hydrogen) atoms. The SMILES string of the molecule is CN1C(=O)[C@@H]2CC1CN2C[C@H](N)C(=O)N1CCC[C@H]1C#N.CN1C(=O)[C@@H]2CC1CN2C[C@H](N)C(=O)N1CCC[C@H]1C#N.N#C[C@@H]1CCCN1C(=O)[C@@H](N)CN1CC2C[C@H]1C(=O)N2c1cc(C(F)(F)F)cc(C(F)(F)F)c1. The van der Waals surface area contributed by atoms with Crippen molar-refractivity contribution in [3.63, 3.8) is 0 Å². The van der Waals surface area contributed by atoms with Crippen LogP contribution in [0.25, 0.3) is 0 Å². The number of halogens is 6. The predicted octanol–water partition coefficient (Wildman–Crippen LogP) is -0.158. The molecule has 6 bridgehead atoms. The van der Waals surface area contributed by atoms with Gasteiger partial charge < -0.3 is 46.6 Å². The van der Waals surface area contributed by atoms with E-state index < -0.39 is 77.2 Å². The number of nitriles is 3. The third kappa shape index (κ3) is 11.0. The summed E-state index contributed by atoms with van der Waals surface area (Å²) in [5.74, 6) is -1.14. The number of likely N-dealkylation sites (tertiary alicyclic amines) is 8. The van der Waals surface area contributed by atoms with E-state index in [1.165, 1.54) is 4.90 Å². The number of carbonyl (C=O) groups excluding carboxylic acids is 6. The Bertz CT molecular complexity index is 2450. The van der Waals surface area contributed by atoms with Gasteiger partial charge in [0.05, 0.1) is 71.6 Å². The molecule has 10 rings (SSSR count). The van der Waals surface area contributed by atoms with Crippen LogP contribution in [0.1, 0.15) is 68.9 Å². The normalized spacial score (nSPS) is 30.3. The lowest BCUT2D eigenvalue weighted by molar-refractivity contribution is -0.143. The Morgan fingerprint density at radius 2 is 0.868 bits per heavy atom. The van der Waals surface area contributed by atoms with E-state index in [1.807, 2.05) is 30.0 Å². The van der Waals surface area contributed by atoms with E-state index >= 15 is 0 Å². The van der Waals surface area contributed by atoms with Crippen LogP contribution < -0.4 is 22.1 Å². The van der Waals surface area contributed by atoms with Gasteiger partial charge in [0.1, 0.15) is 18.1 Å². The molecule has 9 saturated heterocycles. The van der Waals surface area contributed by atoms with Crippen molar-refractivity contribution in [3.05, 3.63) is 29.3 Å². The van der Waals surface area contributed by atoms with Gasteiger partial charge in [-0.1, -0.05) is 0 Å². The highest BCUT2D eigenvalue weighted by atomic mass is 19.4. The van der Waals surface area contributed by atoms with Crippen molar-refractivity contribution in [3.8, 4) is 18.2 Å². The number of rotatable bonds is 10. The summed E-state index contributed by atoms with van der Waals surface area (Å²) < 4.78 is 79.3. The number of fused-ring (bicyclic) bond motifs is 6. The molecule has 0 aliphatic carbocycles. The minimum absolute atomic E-state index is 0.00931. The van der Waals surface area contributed by atoms with Gasteiger partial charge in [0.25, 0.3) is 0 Å². The molecule has 9 heterocycles. The maximum atomic E-state index is 13.2. The van der Waals surface area contributed by atoms with Crippen LogP contribution in [0.4, 0.5) is 32.0 Å². The largest absolute Gasteiger partial charge is 0.416 e. The lowest BCUT2D eigenvalue weighted by Gasteiger charge is -2.35. The van der Waals surface area contributed by atoms with Crippen LogP contribution in [0.15, 0.2) is 18.2 Å². The highest BCUT2D eigenvalue weighted by Gasteiger charge is 2.53. The Kier molecular flexibility index (Phi) is 16.3. The lowest BCUT2D eigenvalue weighted by atomic mass is 10.1. The highest BCUT2D eigenvalue weighted by Crippen LogP contribution is 2.42. The van der Waals surface area contributed by atoms with Crippen LogP contribution in [-0.4, -0.2) is 220 Å². The smallest absolute Gasteiger partial charge is 0.340 e. The van der Waals surface area contributed by atoms with Gasteiger partial charge in [0, 0.05) is 90.8 Å². The fourth-order valence-electron chi connectivity index (χ4n) is 12.5. The second-order valence-electron chi connectivity index (χ2n) is 21.2.